The van der Waals surface area contributed by atoms with Crippen molar-refractivity contribution in [3.8, 4) is 5.88 Å². The largest absolute Gasteiger partial charge is 0.475 e. The zero-order valence-corrected chi connectivity index (χ0v) is 9.82. The molecular formula is C11H17FN2O3. The van der Waals surface area contributed by atoms with Crippen molar-refractivity contribution < 1.29 is 18.6 Å². The van der Waals surface area contributed by atoms with Gasteiger partial charge in [0.2, 0.25) is 5.88 Å². The van der Waals surface area contributed by atoms with Gasteiger partial charge >= 0.3 is 0 Å². The molecule has 17 heavy (non-hydrogen) atoms. The molecule has 2 N–H and O–H groups in total. The topological polar surface area (TPSA) is 66.6 Å². The average Bonchev–Trinajstić information content (AvgIpc) is 2.35. The van der Waals surface area contributed by atoms with Crippen LogP contribution in [0.25, 0.3) is 0 Å². The Morgan fingerprint density at radius 2 is 2.06 bits per heavy atom. The lowest BCUT2D eigenvalue weighted by Crippen LogP contribution is -2.12. The summed E-state index contributed by atoms with van der Waals surface area (Å²) in [4.78, 5) is 3.83. The molecule has 0 bridgehead atoms. The van der Waals surface area contributed by atoms with Crippen LogP contribution in [0.5, 0.6) is 5.88 Å². The maximum Gasteiger partial charge on any atom is 0.218 e. The van der Waals surface area contributed by atoms with Gasteiger partial charge in [-0.25, -0.2) is 9.37 Å². The summed E-state index contributed by atoms with van der Waals surface area (Å²) < 4.78 is 28.2. The highest BCUT2D eigenvalue weighted by Gasteiger charge is 2.05. The predicted molar refractivity (Wildman–Crippen MR) is 60.3 cm³/mol. The third kappa shape index (κ3) is 5.08. The Morgan fingerprint density at radius 3 is 2.76 bits per heavy atom. The molecule has 1 rings (SSSR count). The SMILES string of the molecule is COCCOCCOc1ncc(F)cc1CN. The molecule has 5 nitrogen and oxygen atoms in total. The van der Waals surface area contributed by atoms with Crippen LogP contribution in [0.1, 0.15) is 5.56 Å². The van der Waals surface area contributed by atoms with Crippen molar-refractivity contribution in [2.45, 2.75) is 6.54 Å². The van der Waals surface area contributed by atoms with E-state index in [2.05, 4.69) is 4.98 Å². The standard InChI is InChI=1S/C11H17FN2O3/c1-15-2-3-16-4-5-17-11-9(7-13)6-10(12)8-14-11/h6,8H,2-5,7,13H2,1H3. The molecule has 0 unspecified atom stereocenters. The van der Waals surface area contributed by atoms with E-state index in [0.717, 1.165) is 6.20 Å². The molecule has 96 valence electrons. The van der Waals surface area contributed by atoms with Crippen molar-refractivity contribution in [1.82, 2.24) is 4.98 Å². The van der Waals surface area contributed by atoms with Gasteiger partial charge in [-0.2, -0.15) is 0 Å². The molecule has 0 amide bonds. The first-order chi connectivity index (χ1) is 8.27. The third-order valence-corrected chi connectivity index (χ3v) is 2.01. The first-order valence-electron chi connectivity index (χ1n) is 5.32. The Labute approximate surface area is 99.7 Å². The van der Waals surface area contributed by atoms with Crippen LogP contribution < -0.4 is 10.5 Å². The minimum atomic E-state index is -0.422. The number of ether oxygens (including phenoxy) is 3. The number of halogens is 1. The summed E-state index contributed by atoms with van der Waals surface area (Å²) in [6, 6.07) is 1.31. The Morgan fingerprint density at radius 1 is 1.29 bits per heavy atom. The second kappa shape index (κ2) is 7.94. The zero-order chi connectivity index (χ0) is 12.5. The molecule has 0 radical (unpaired) electrons. The molecule has 0 atom stereocenters. The van der Waals surface area contributed by atoms with Gasteiger partial charge in [0.15, 0.2) is 0 Å². The van der Waals surface area contributed by atoms with Crippen molar-refractivity contribution in [3.63, 3.8) is 0 Å². The molecule has 0 aliphatic rings. The molecule has 0 spiro atoms. The smallest absolute Gasteiger partial charge is 0.218 e. The summed E-state index contributed by atoms with van der Waals surface area (Å²) in [6.07, 6.45) is 1.10. The summed E-state index contributed by atoms with van der Waals surface area (Å²) in [5.74, 6) is -0.0709. The van der Waals surface area contributed by atoms with E-state index in [1.807, 2.05) is 0 Å². The van der Waals surface area contributed by atoms with Crippen molar-refractivity contribution in [2.24, 2.45) is 5.73 Å². The highest BCUT2D eigenvalue weighted by Crippen LogP contribution is 2.15. The predicted octanol–water partition coefficient (Wildman–Crippen LogP) is 0.721. The summed E-state index contributed by atoms with van der Waals surface area (Å²) in [7, 11) is 1.61. The number of rotatable bonds is 8. The van der Waals surface area contributed by atoms with E-state index >= 15 is 0 Å². The van der Waals surface area contributed by atoms with Crippen LogP contribution >= 0.6 is 0 Å². The number of pyridine rings is 1. The molecule has 0 aliphatic heterocycles. The maximum atomic E-state index is 12.8. The van der Waals surface area contributed by atoms with Crippen LogP contribution in [0.4, 0.5) is 4.39 Å². The van der Waals surface area contributed by atoms with Crippen molar-refractivity contribution >= 4 is 0 Å². The van der Waals surface area contributed by atoms with Crippen molar-refractivity contribution in [2.75, 3.05) is 33.5 Å². The fourth-order valence-corrected chi connectivity index (χ4v) is 1.19. The minimum absolute atomic E-state index is 0.185. The van der Waals surface area contributed by atoms with Crippen LogP contribution in [0, 0.1) is 5.82 Å². The monoisotopic (exact) mass is 244 g/mol. The molecule has 0 aromatic carbocycles. The zero-order valence-electron chi connectivity index (χ0n) is 9.82. The van der Waals surface area contributed by atoms with Crippen LogP contribution in [0.3, 0.4) is 0 Å². The fourth-order valence-electron chi connectivity index (χ4n) is 1.19. The quantitative estimate of drug-likeness (QED) is 0.682. The minimum Gasteiger partial charge on any atom is -0.475 e. The molecule has 6 heteroatoms. The summed E-state index contributed by atoms with van der Waals surface area (Å²) in [5.41, 5.74) is 6.00. The van der Waals surface area contributed by atoms with Crippen molar-refractivity contribution in [3.05, 3.63) is 23.6 Å². The highest BCUT2D eigenvalue weighted by atomic mass is 19.1. The van der Waals surface area contributed by atoms with Crippen LogP contribution in [-0.2, 0) is 16.0 Å². The molecular weight excluding hydrogens is 227 g/mol. The number of nitrogens with zero attached hydrogens (tertiary/aromatic N) is 1. The molecule has 0 fully saturated rings. The summed E-state index contributed by atoms with van der Waals surface area (Å²) in [5, 5.41) is 0. The van der Waals surface area contributed by atoms with Gasteiger partial charge in [-0.1, -0.05) is 0 Å². The molecule has 0 saturated heterocycles. The van der Waals surface area contributed by atoms with Crippen LogP contribution in [0.15, 0.2) is 12.3 Å². The number of methoxy groups -OCH3 is 1. The van der Waals surface area contributed by atoms with Gasteiger partial charge in [0.25, 0.3) is 0 Å². The molecule has 1 aromatic rings. The normalized spacial score (nSPS) is 10.5. The van der Waals surface area contributed by atoms with Gasteiger partial charge in [0, 0.05) is 19.2 Å². The van der Waals surface area contributed by atoms with E-state index in [1.165, 1.54) is 6.07 Å². The van der Waals surface area contributed by atoms with Gasteiger partial charge < -0.3 is 19.9 Å². The molecule has 0 aliphatic carbocycles. The summed E-state index contributed by atoms with van der Waals surface area (Å²) in [6.45, 7) is 2.01. The molecule has 0 saturated carbocycles. The molecule has 1 heterocycles. The lowest BCUT2D eigenvalue weighted by Gasteiger charge is -2.09. The number of aromatic nitrogens is 1. The van der Waals surface area contributed by atoms with E-state index in [4.69, 9.17) is 19.9 Å². The van der Waals surface area contributed by atoms with Gasteiger partial charge in [0.05, 0.1) is 26.0 Å². The lowest BCUT2D eigenvalue weighted by molar-refractivity contribution is 0.0535. The summed E-state index contributed by atoms with van der Waals surface area (Å²) >= 11 is 0. The lowest BCUT2D eigenvalue weighted by atomic mass is 10.3. The molecule has 1 aromatic heterocycles. The van der Waals surface area contributed by atoms with E-state index in [0.29, 0.717) is 37.9 Å². The second-order valence-electron chi connectivity index (χ2n) is 3.28. The van der Waals surface area contributed by atoms with Gasteiger partial charge in [-0.15, -0.1) is 0 Å². The van der Waals surface area contributed by atoms with Gasteiger partial charge in [-0.05, 0) is 6.07 Å². The van der Waals surface area contributed by atoms with E-state index in [9.17, 15) is 4.39 Å². The van der Waals surface area contributed by atoms with E-state index in [-0.39, 0.29) is 6.54 Å². The number of hydrogen-bond acceptors (Lipinski definition) is 5. The fraction of sp³-hybridized carbons (Fsp3) is 0.545. The van der Waals surface area contributed by atoms with Crippen molar-refractivity contribution in [1.29, 1.82) is 0 Å². The van der Waals surface area contributed by atoms with E-state index < -0.39 is 5.82 Å². The highest BCUT2D eigenvalue weighted by molar-refractivity contribution is 5.25. The van der Waals surface area contributed by atoms with Crippen LogP contribution in [-0.4, -0.2) is 38.5 Å². The van der Waals surface area contributed by atoms with E-state index in [1.54, 1.807) is 7.11 Å². The Kier molecular flexibility index (Phi) is 6.46. The third-order valence-electron chi connectivity index (χ3n) is 2.01. The maximum absolute atomic E-state index is 12.8. The number of hydrogen-bond donors (Lipinski definition) is 1. The second-order valence-corrected chi connectivity index (χ2v) is 3.28. The first-order valence-corrected chi connectivity index (χ1v) is 5.32. The number of nitrogens with two attached hydrogens (primary N) is 1. The Hall–Kier alpha value is -1.24. The Bertz CT molecular complexity index is 336. The average molecular weight is 244 g/mol. The van der Waals surface area contributed by atoms with Crippen LogP contribution in [0.2, 0.25) is 0 Å². The van der Waals surface area contributed by atoms with Gasteiger partial charge in [-0.3, -0.25) is 0 Å². The van der Waals surface area contributed by atoms with Gasteiger partial charge in [0.1, 0.15) is 12.4 Å². The first kappa shape index (κ1) is 13.8. The Balaban J connectivity index is 2.31.